The van der Waals surface area contributed by atoms with Gasteiger partial charge < -0.3 is 4.90 Å². The second-order valence-corrected chi connectivity index (χ2v) is 7.44. The fraction of sp³-hybridized carbons (Fsp3) is 0.400. The van der Waals surface area contributed by atoms with Gasteiger partial charge in [0.25, 0.3) is 5.91 Å². The largest absolute Gasteiger partial charge is 0.338 e. The number of hydrogen-bond donors (Lipinski definition) is 0. The molecule has 1 aliphatic heterocycles. The molecule has 100 valence electrons. The molecule has 1 aromatic heterocycles. The van der Waals surface area contributed by atoms with Crippen molar-refractivity contribution in [3.63, 3.8) is 0 Å². The summed E-state index contributed by atoms with van der Waals surface area (Å²) < 4.78 is 1.19. The van der Waals surface area contributed by atoms with Crippen LogP contribution in [0.3, 0.4) is 0 Å². The Bertz CT molecular complexity index is 576. The molecule has 0 N–H and O–H groups in total. The van der Waals surface area contributed by atoms with Gasteiger partial charge in [-0.1, -0.05) is 41.1 Å². The first-order valence-electron chi connectivity index (χ1n) is 6.57. The van der Waals surface area contributed by atoms with E-state index in [9.17, 15) is 4.79 Å². The Hall–Kier alpha value is -0.870. The number of amides is 1. The third-order valence-electron chi connectivity index (χ3n) is 3.72. The van der Waals surface area contributed by atoms with E-state index >= 15 is 0 Å². The van der Waals surface area contributed by atoms with Crippen molar-refractivity contribution in [2.75, 3.05) is 13.1 Å². The number of carbonyl (C=O) groups excluding carboxylic acids is 1. The number of nitrogens with zero attached hydrogens (tertiary/aromatic N) is 1. The number of thiophene rings is 1. The van der Waals surface area contributed by atoms with E-state index in [1.165, 1.54) is 10.1 Å². The van der Waals surface area contributed by atoms with Gasteiger partial charge in [-0.2, -0.15) is 0 Å². The van der Waals surface area contributed by atoms with Gasteiger partial charge >= 0.3 is 0 Å². The molecule has 2 atom stereocenters. The van der Waals surface area contributed by atoms with E-state index in [4.69, 9.17) is 0 Å². The molecule has 2 aromatic rings. The van der Waals surface area contributed by atoms with Crippen LogP contribution < -0.4 is 0 Å². The topological polar surface area (TPSA) is 20.3 Å². The van der Waals surface area contributed by atoms with Crippen molar-refractivity contribution in [3.05, 3.63) is 35.2 Å². The quantitative estimate of drug-likeness (QED) is 0.716. The van der Waals surface area contributed by atoms with Gasteiger partial charge in [-0.15, -0.1) is 11.3 Å². The van der Waals surface area contributed by atoms with E-state index in [0.717, 1.165) is 24.4 Å². The van der Waals surface area contributed by atoms with Crippen LogP contribution in [0.25, 0.3) is 10.1 Å². The van der Waals surface area contributed by atoms with Gasteiger partial charge in [0.1, 0.15) is 0 Å². The van der Waals surface area contributed by atoms with Gasteiger partial charge in [-0.3, -0.25) is 4.79 Å². The molecule has 0 spiro atoms. The van der Waals surface area contributed by atoms with Crippen LogP contribution in [0.2, 0.25) is 0 Å². The van der Waals surface area contributed by atoms with Crippen molar-refractivity contribution in [3.8, 4) is 0 Å². The minimum absolute atomic E-state index is 0.187. The monoisotopic (exact) mass is 337 g/mol. The van der Waals surface area contributed by atoms with Gasteiger partial charge in [0.05, 0.1) is 4.88 Å². The lowest BCUT2D eigenvalue weighted by molar-refractivity contribution is 0.0695. The Balaban J connectivity index is 1.83. The molecular formula is C15H16BrNOS. The standard InChI is InChI=1S/C15H16BrNOS/c1-10-9-17(7-6-12(10)16)15(18)14-8-11-4-2-3-5-13(11)19-14/h2-5,8,10,12H,6-7,9H2,1H3. The van der Waals surface area contributed by atoms with Crippen LogP contribution in [0.15, 0.2) is 30.3 Å². The zero-order valence-electron chi connectivity index (χ0n) is 10.8. The molecule has 1 amide bonds. The van der Waals surface area contributed by atoms with Gasteiger partial charge in [0.15, 0.2) is 0 Å². The molecule has 1 aliphatic rings. The summed E-state index contributed by atoms with van der Waals surface area (Å²) in [6, 6.07) is 10.2. The van der Waals surface area contributed by atoms with Crippen LogP contribution in [0.1, 0.15) is 23.0 Å². The average Bonchev–Trinajstić information content (AvgIpc) is 2.85. The van der Waals surface area contributed by atoms with Crippen molar-refractivity contribution < 1.29 is 4.79 Å². The molecule has 1 aromatic carbocycles. The summed E-state index contributed by atoms with van der Waals surface area (Å²) in [6.07, 6.45) is 1.04. The number of benzene rings is 1. The van der Waals surface area contributed by atoms with Crippen LogP contribution >= 0.6 is 27.3 Å². The molecule has 1 fully saturated rings. The first kappa shape index (κ1) is 13.1. The molecule has 0 bridgehead atoms. The maximum Gasteiger partial charge on any atom is 0.263 e. The Labute approximate surface area is 125 Å². The van der Waals surface area contributed by atoms with Gasteiger partial charge in [0.2, 0.25) is 0 Å². The number of carbonyl (C=O) groups is 1. The van der Waals surface area contributed by atoms with Crippen LogP contribution in [-0.4, -0.2) is 28.7 Å². The molecular weight excluding hydrogens is 322 g/mol. The average molecular weight is 338 g/mol. The number of rotatable bonds is 1. The maximum atomic E-state index is 12.5. The number of halogens is 1. The Kier molecular flexibility index (Phi) is 3.63. The predicted molar refractivity (Wildman–Crippen MR) is 84.2 cm³/mol. The highest BCUT2D eigenvalue weighted by Crippen LogP contribution is 2.29. The lowest BCUT2D eigenvalue weighted by Crippen LogP contribution is -2.43. The Morgan fingerprint density at radius 2 is 2.21 bits per heavy atom. The number of hydrogen-bond acceptors (Lipinski definition) is 2. The van der Waals surface area contributed by atoms with Crippen LogP contribution in [-0.2, 0) is 0 Å². The van der Waals surface area contributed by atoms with Crippen molar-refractivity contribution in [2.45, 2.75) is 18.2 Å². The van der Waals surface area contributed by atoms with Gasteiger partial charge in [0, 0.05) is 22.6 Å². The summed E-state index contributed by atoms with van der Waals surface area (Å²) in [4.78, 5) is 15.9. The number of likely N-dealkylation sites (tertiary alicyclic amines) is 1. The minimum atomic E-state index is 0.187. The van der Waals surface area contributed by atoms with Crippen LogP contribution in [0, 0.1) is 5.92 Å². The van der Waals surface area contributed by atoms with E-state index in [1.807, 2.05) is 23.1 Å². The molecule has 1 saturated heterocycles. The first-order valence-corrected chi connectivity index (χ1v) is 8.30. The van der Waals surface area contributed by atoms with E-state index in [1.54, 1.807) is 11.3 Å². The minimum Gasteiger partial charge on any atom is -0.338 e. The lowest BCUT2D eigenvalue weighted by Gasteiger charge is -2.34. The summed E-state index contributed by atoms with van der Waals surface area (Å²) in [6.45, 7) is 3.90. The van der Waals surface area contributed by atoms with E-state index < -0.39 is 0 Å². The molecule has 4 heteroatoms. The second kappa shape index (κ2) is 5.25. The summed E-state index contributed by atoms with van der Waals surface area (Å²) in [7, 11) is 0. The Morgan fingerprint density at radius 1 is 1.42 bits per heavy atom. The molecule has 0 aliphatic carbocycles. The number of fused-ring (bicyclic) bond motifs is 1. The highest BCUT2D eigenvalue weighted by molar-refractivity contribution is 9.09. The summed E-state index contributed by atoms with van der Waals surface area (Å²) >= 11 is 5.28. The molecule has 0 radical (unpaired) electrons. The highest BCUT2D eigenvalue weighted by Gasteiger charge is 2.28. The Morgan fingerprint density at radius 3 is 2.95 bits per heavy atom. The SMILES string of the molecule is CC1CN(C(=O)c2cc3ccccc3s2)CCC1Br. The number of piperidine rings is 1. The lowest BCUT2D eigenvalue weighted by atomic mass is 10.00. The molecule has 0 saturated carbocycles. The molecule has 3 rings (SSSR count). The highest BCUT2D eigenvalue weighted by atomic mass is 79.9. The first-order chi connectivity index (χ1) is 9.15. The van der Waals surface area contributed by atoms with E-state index in [-0.39, 0.29) is 5.91 Å². The smallest absolute Gasteiger partial charge is 0.263 e. The summed E-state index contributed by atoms with van der Waals surface area (Å²) in [5.74, 6) is 0.708. The van der Waals surface area contributed by atoms with Gasteiger partial charge in [-0.05, 0) is 29.9 Å². The fourth-order valence-corrected chi connectivity index (χ4v) is 3.95. The maximum absolute atomic E-state index is 12.5. The third kappa shape index (κ3) is 2.56. The molecule has 2 unspecified atom stereocenters. The van der Waals surface area contributed by atoms with Crippen LogP contribution in [0.4, 0.5) is 0 Å². The van der Waals surface area contributed by atoms with Crippen molar-refractivity contribution >= 4 is 43.3 Å². The van der Waals surface area contributed by atoms with Gasteiger partial charge in [-0.25, -0.2) is 0 Å². The fourth-order valence-electron chi connectivity index (χ4n) is 2.54. The molecule has 2 nitrogen and oxygen atoms in total. The van der Waals surface area contributed by atoms with Crippen molar-refractivity contribution in [2.24, 2.45) is 5.92 Å². The predicted octanol–water partition coefficient (Wildman–Crippen LogP) is 4.15. The van der Waals surface area contributed by atoms with E-state index in [2.05, 4.69) is 35.0 Å². The van der Waals surface area contributed by atoms with Crippen molar-refractivity contribution in [1.29, 1.82) is 0 Å². The second-order valence-electron chi connectivity index (χ2n) is 5.18. The molecule has 19 heavy (non-hydrogen) atoms. The normalized spacial score (nSPS) is 23.8. The zero-order valence-corrected chi connectivity index (χ0v) is 13.2. The zero-order chi connectivity index (χ0) is 13.4. The van der Waals surface area contributed by atoms with Crippen molar-refractivity contribution in [1.82, 2.24) is 4.90 Å². The third-order valence-corrected chi connectivity index (χ3v) is 6.19. The van der Waals surface area contributed by atoms with Crippen LogP contribution in [0.5, 0.6) is 0 Å². The summed E-state index contributed by atoms with van der Waals surface area (Å²) in [5, 5.41) is 1.17. The number of alkyl halides is 1. The van der Waals surface area contributed by atoms with E-state index in [0.29, 0.717) is 10.7 Å². The molecule has 2 heterocycles. The summed E-state index contributed by atoms with van der Waals surface area (Å²) in [5.41, 5.74) is 0.